The molecular formula is C14H13N3O. The van der Waals surface area contributed by atoms with Gasteiger partial charge in [0.2, 0.25) is 0 Å². The predicted octanol–water partition coefficient (Wildman–Crippen LogP) is 2.42. The Morgan fingerprint density at radius 3 is 2.72 bits per heavy atom. The molecule has 0 aliphatic rings. The average Bonchev–Trinajstić information content (AvgIpc) is 2.75. The number of hydrogen-bond donors (Lipinski definition) is 1. The number of nitrogens with zero attached hydrogens (tertiary/aromatic N) is 2. The van der Waals surface area contributed by atoms with Crippen LogP contribution in [0.1, 0.15) is 10.4 Å². The predicted molar refractivity (Wildman–Crippen MR) is 71.6 cm³/mol. The van der Waals surface area contributed by atoms with Gasteiger partial charge in [-0.3, -0.25) is 9.78 Å². The SMILES string of the molecule is CN(C)C(=O)c1ccc2[nH]c3ccncc3c2c1. The first-order valence-electron chi connectivity index (χ1n) is 5.74. The molecule has 18 heavy (non-hydrogen) atoms. The molecule has 1 N–H and O–H groups in total. The second-order valence-corrected chi connectivity index (χ2v) is 4.51. The van der Waals surface area contributed by atoms with Gasteiger partial charge in [-0.1, -0.05) is 0 Å². The molecule has 4 nitrogen and oxygen atoms in total. The standard InChI is InChI=1S/C14H13N3O/c1-17(2)14(18)9-3-4-12-10(7-9)11-8-15-6-5-13(11)16-12/h3-8,16H,1-2H3. The minimum Gasteiger partial charge on any atom is -0.354 e. The Labute approximate surface area is 104 Å². The van der Waals surface area contributed by atoms with Crippen LogP contribution < -0.4 is 0 Å². The van der Waals surface area contributed by atoms with Gasteiger partial charge in [0.1, 0.15) is 0 Å². The third kappa shape index (κ3) is 1.54. The van der Waals surface area contributed by atoms with Gasteiger partial charge in [0.15, 0.2) is 0 Å². The van der Waals surface area contributed by atoms with Gasteiger partial charge in [-0.05, 0) is 24.3 Å². The van der Waals surface area contributed by atoms with Crippen LogP contribution in [0.3, 0.4) is 0 Å². The molecule has 0 aliphatic heterocycles. The number of amides is 1. The fraction of sp³-hybridized carbons (Fsp3) is 0.143. The molecule has 0 unspecified atom stereocenters. The Hall–Kier alpha value is -2.36. The molecular weight excluding hydrogens is 226 g/mol. The van der Waals surface area contributed by atoms with E-state index in [0.29, 0.717) is 5.56 Å². The molecule has 90 valence electrons. The van der Waals surface area contributed by atoms with Crippen molar-refractivity contribution in [1.29, 1.82) is 0 Å². The largest absolute Gasteiger partial charge is 0.354 e. The maximum absolute atomic E-state index is 11.9. The van der Waals surface area contributed by atoms with Crippen molar-refractivity contribution in [3.8, 4) is 0 Å². The first-order chi connectivity index (χ1) is 8.66. The van der Waals surface area contributed by atoms with Crippen molar-refractivity contribution in [2.75, 3.05) is 14.1 Å². The lowest BCUT2D eigenvalue weighted by Gasteiger charge is -2.09. The van der Waals surface area contributed by atoms with E-state index in [9.17, 15) is 4.79 Å². The van der Waals surface area contributed by atoms with Crippen LogP contribution in [0.4, 0.5) is 0 Å². The second kappa shape index (κ2) is 3.84. The number of nitrogens with one attached hydrogen (secondary N) is 1. The van der Waals surface area contributed by atoms with Gasteiger partial charge in [-0.2, -0.15) is 0 Å². The Kier molecular flexibility index (Phi) is 2.30. The summed E-state index contributed by atoms with van der Waals surface area (Å²) in [4.78, 5) is 21.0. The molecule has 3 aromatic rings. The first-order valence-corrected chi connectivity index (χ1v) is 5.74. The van der Waals surface area contributed by atoms with E-state index in [1.54, 1.807) is 25.2 Å². The second-order valence-electron chi connectivity index (χ2n) is 4.51. The monoisotopic (exact) mass is 239 g/mol. The average molecular weight is 239 g/mol. The highest BCUT2D eigenvalue weighted by Crippen LogP contribution is 2.25. The number of rotatable bonds is 1. The van der Waals surface area contributed by atoms with Crippen LogP contribution in [-0.2, 0) is 0 Å². The molecule has 0 radical (unpaired) electrons. The van der Waals surface area contributed by atoms with Gasteiger partial charge in [-0.15, -0.1) is 0 Å². The molecule has 1 aromatic carbocycles. The molecule has 0 bridgehead atoms. The lowest BCUT2D eigenvalue weighted by atomic mass is 10.1. The van der Waals surface area contributed by atoms with Crippen LogP contribution in [0.5, 0.6) is 0 Å². The van der Waals surface area contributed by atoms with Crippen molar-refractivity contribution in [2.45, 2.75) is 0 Å². The van der Waals surface area contributed by atoms with Gasteiger partial charge in [-0.25, -0.2) is 0 Å². The number of carbonyl (C=O) groups excluding carboxylic acids is 1. The third-order valence-electron chi connectivity index (χ3n) is 3.05. The number of fused-ring (bicyclic) bond motifs is 3. The van der Waals surface area contributed by atoms with Crippen molar-refractivity contribution in [1.82, 2.24) is 14.9 Å². The molecule has 0 saturated carbocycles. The highest BCUT2D eigenvalue weighted by atomic mass is 16.2. The number of H-pyrrole nitrogens is 1. The number of benzene rings is 1. The normalized spacial score (nSPS) is 11.0. The number of aromatic nitrogens is 2. The van der Waals surface area contributed by atoms with E-state index in [2.05, 4.69) is 9.97 Å². The quantitative estimate of drug-likeness (QED) is 0.709. The minimum absolute atomic E-state index is 0.00939. The Morgan fingerprint density at radius 1 is 1.17 bits per heavy atom. The molecule has 0 spiro atoms. The summed E-state index contributed by atoms with van der Waals surface area (Å²) in [5.41, 5.74) is 2.75. The van der Waals surface area contributed by atoms with E-state index in [1.165, 1.54) is 0 Å². The summed E-state index contributed by atoms with van der Waals surface area (Å²) >= 11 is 0. The highest BCUT2D eigenvalue weighted by Gasteiger charge is 2.10. The summed E-state index contributed by atoms with van der Waals surface area (Å²) in [6, 6.07) is 7.63. The van der Waals surface area contributed by atoms with Crippen molar-refractivity contribution in [2.24, 2.45) is 0 Å². The maximum atomic E-state index is 11.9. The molecule has 0 saturated heterocycles. The topological polar surface area (TPSA) is 49.0 Å². The smallest absolute Gasteiger partial charge is 0.253 e. The van der Waals surface area contributed by atoms with E-state index in [1.807, 2.05) is 30.5 Å². The van der Waals surface area contributed by atoms with Crippen LogP contribution in [0.15, 0.2) is 36.7 Å². The van der Waals surface area contributed by atoms with Gasteiger partial charge in [0, 0.05) is 53.9 Å². The fourth-order valence-electron chi connectivity index (χ4n) is 2.13. The van der Waals surface area contributed by atoms with Crippen molar-refractivity contribution in [3.05, 3.63) is 42.2 Å². The van der Waals surface area contributed by atoms with E-state index in [0.717, 1.165) is 21.8 Å². The molecule has 0 atom stereocenters. The zero-order valence-electron chi connectivity index (χ0n) is 10.3. The van der Waals surface area contributed by atoms with Crippen molar-refractivity contribution >= 4 is 27.7 Å². The molecule has 1 amide bonds. The summed E-state index contributed by atoms with van der Waals surface area (Å²) in [5, 5.41) is 2.08. The van der Waals surface area contributed by atoms with Crippen LogP contribution in [-0.4, -0.2) is 34.9 Å². The van der Waals surface area contributed by atoms with E-state index in [4.69, 9.17) is 0 Å². The van der Waals surface area contributed by atoms with Crippen LogP contribution in [0, 0.1) is 0 Å². The minimum atomic E-state index is 0.00939. The lowest BCUT2D eigenvalue weighted by Crippen LogP contribution is -2.21. The van der Waals surface area contributed by atoms with Crippen molar-refractivity contribution < 1.29 is 4.79 Å². The summed E-state index contributed by atoms with van der Waals surface area (Å²) in [6.45, 7) is 0. The zero-order chi connectivity index (χ0) is 12.7. The molecule has 0 fully saturated rings. The van der Waals surface area contributed by atoms with Gasteiger partial charge < -0.3 is 9.88 Å². The Balaban J connectivity index is 2.28. The molecule has 4 heteroatoms. The molecule has 3 rings (SSSR count). The van der Waals surface area contributed by atoms with Crippen LogP contribution in [0.2, 0.25) is 0 Å². The lowest BCUT2D eigenvalue weighted by molar-refractivity contribution is 0.0828. The van der Waals surface area contributed by atoms with Gasteiger partial charge in [0.05, 0.1) is 0 Å². The number of aromatic amines is 1. The Morgan fingerprint density at radius 2 is 1.94 bits per heavy atom. The number of hydrogen-bond acceptors (Lipinski definition) is 2. The van der Waals surface area contributed by atoms with E-state index >= 15 is 0 Å². The van der Waals surface area contributed by atoms with Gasteiger partial charge in [0.25, 0.3) is 5.91 Å². The maximum Gasteiger partial charge on any atom is 0.253 e. The summed E-state index contributed by atoms with van der Waals surface area (Å²) in [7, 11) is 3.51. The highest BCUT2D eigenvalue weighted by molar-refractivity contribution is 6.09. The van der Waals surface area contributed by atoms with Crippen molar-refractivity contribution in [3.63, 3.8) is 0 Å². The molecule has 2 heterocycles. The fourth-order valence-corrected chi connectivity index (χ4v) is 2.13. The third-order valence-corrected chi connectivity index (χ3v) is 3.05. The van der Waals surface area contributed by atoms with Gasteiger partial charge >= 0.3 is 0 Å². The summed E-state index contributed by atoms with van der Waals surface area (Å²) in [5.74, 6) is 0.00939. The number of carbonyl (C=O) groups is 1. The zero-order valence-corrected chi connectivity index (χ0v) is 10.3. The summed E-state index contributed by atoms with van der Waals surface area (Å²) < 4.78 is 0. The number of pyridine rings is 1. The van der Waals surface area contributed by atoms with E-state index < -0.39 is 0 Å². The molecule has 2 aromatic heterocycles. The van der Waals surface area contributed by atoms with E-state index in [-0.39, 0.29) is 5.91 Å². The molecule has 0 aliphatic carbocycles. The van der Waals surface area contributed by atoms with Crippen LogP contribution >= 0.6 is 0 Å². The first kappa shape index (κ1) is 10.8. The Bertz CT molecular complexity index is 743. The summed E-state index contributed by atoms with van der Waals surface area (Å²) in [6.07, 6.45) is 3.57. The van der Waals surface area contributed by atoms with Crippen LogP contribution in [0.25, 0.3) is 21.8 Å².